The van der Waals surface area contributed by atoms with Crippen LogP contribution in [0.3, 0.4) is 0 Å². The molecular formula is C25H29N3O4. The van der Waals surface area contributed by atoms with Gasteiger partial charge in [0.1, 0.15) is 5.75 Å². The van der Waals surface area contributed by atoms with Crippen molar-refractivity contribution in [2.24, 2.45) is 5.10 Å². The molecule has 32 heavy (non-hydrogen) atoms. The number of nitrogens with zero attached hydrogens (tertiary/aromatic N) is 3. The van der Waals surface area contributed by atoms with Gasteiger partial charge in [-0.15, -0.1) is 0 Å². The molecule has 1 atom stereocenters. The molecule has 0 radical (unpaired) electrons. The maximum Gasteiger partial charge on any atom is 0.219 e. The van der Waals surface area contributed by atoms with Crippen molar-refractivity contribution in [1.29, 1.82) is 0 Å². The molecule has 0 bridgehead atoms. The van der Waals surface area contributed by atoms with Gasteiger partial charge in [0.2, 0.25) is 11.6 Å². The molecule has 3 aliphatic rings. The van der Waals surface area contributed by atoms with Gasteiger partial charge < -0.3 is 19.1 Å². The van der Waals surface area contributed by atoms with E-state index >= 15 is 0 Å². The van der Waals surface area contributed by atoms with E-state index in [-0.39, 0.29) is 11.9 Å². The van der Waals surface area contributed by atoms with Crippen LogP contribution in [-0.2, 0) is 4.79 Å². The van der Waals surface area contributed by atoms with Crippen LogP contribution in [0.1, 0.15) is 50.3 Å². The highest BCUT2D eigenvalue weighted by Gasteiger charge is 2.52. The Morgan fingerprint density at radius 1 is 1.19 bits per heavy atom. The third kappa shape index (κ3) is 3.36. The summed E-state index contributed by atoms with van der Waals surface area (Å²) in [6, 6.07) is 14.2. The van der Waals surface area contributed by atoms with E-state index in [0.29, 0.717) is 32.5 Å². The third-order valence-corrected chi connectivity index (χ3v) is 6.70. The van der Waals surface area contributed by atoms with Crippen LogP contribution in [0.2, 0.25) is 0 Å². The zero-order chi connectivity index (χ0) is 22.3. The van der Waals surface area contributed by atoms with Crippen molar-refractivity contribution in [1.82, 2.24) is 9.91 Å². The van der Waals surface area contributed by atoms with Gasteiger partial charge in [-0.25, -0.2) is 5.01 Å². The van der Waals surface area contributed by atoms with Crippen molar-refractivity contribution in [3.63, 3.8) is 0 Å². The minimum absolute atomic E-state index is 0.0696. The fourth-order valence-electron chi connectivity index (χ4n) is 5.00. The molecule has 168 valence electrons. The molecule has 7 heteroatoms. The van der Waals surface area contributed by atoms with Gasteiger partial charge in [0.15, 0.2) is 11.5 Å². The lowest BCUT2D eigenvalue weighted by molar-refractivity contribution is -0.159. The lowest BCUT2D eigenvalue weighted by atomic mass is 9.90. The molecule has 0 N–H and O–H groups in total. The molecule has 1 unspecified atom stereocenters. The van der Waals surface area contributed by atoms with Gasteiger partial charge in [-0.05, 0) is 42.8 Å². The van der Waals surface area contributed by atoms with Crippen LogP contribution in [-0.4, -0.2) is 54.1 Å². The highest BCUT2D eigenvalue weighted by molar-refractivity contribution is 6.02. The summed E-state index contributed by atoms with van der Waals surface area (Å²) in [5.41, 5.74) is 2.62. The number of hydrogen-bond acceptors (Lipinski definition) is 6. The number of methoxy groups -OCH3 is 1. The second kappa shape index (κ2) is 8.04. The lowest BCUT2D eigenvalue weighted by Crippen LogP contribution is -2.59. The fraction of sp³-hybridized carbons (Fsp3) is 0.440. The Morgan fingerprint density at radius 3 is 2.59 bits per heavy atom. The number of likely N-dealkylation sites (tertiary alicyclic amines) is 1. The number of hydrazone groups is 1. The quantitative estimate of drug-likeness (QED) is 0.727. The molecule has 0 aliphatic carbocycles. The maximum atomic E-state index is 11.9. The van der Waals surface area contributed by atoms with Crippen LogP contribution in [0.5, 0.6) is 17.2 Å². The summed E-state index contributed by atoms with van der Waals surface area (Å²) in [7, 11) is 1.67. The second-order valence-corrected chi connectivity index (χ2v) is 8.50. The van der Waals surface area contributed by atoms with E-state index in [9.17, 15) is 4.79 Å². The minimum Gasteiger partial charge on any atom is -0.497 e. The smallest absolute Gasteiger partial charge is 0.219 e. The molecule has 1 fully saturated rings. The monoisotopic (exact) mass is 435 g/mol. The van der Waals surface area contributed by atoms with Crippen molar-refractivity contribution in [3.8, 4) is 17.2 Å². The Bertz CT molecular complexity index is 1040. The average Bonchev–Trinajstić information content (AvgIpc) is 3.27. The van der Waals surface area contributed by atoms with Gasteiger partial charge in [-0.2, -0.15) is 5.10 Å². The highest BCUT2D eigenvalue weighted by atomic mass is 16.6. The molecule has 1 amide bonds. The maximum absolute atomic E-state index is 11.9. The third-order valence-electron chi connectivity index (χ3n) is 6.70. The van der Waals surface area contributed by atoms with E-state index < -0.39 is 5.72 Å². The van der Waals surface area contributed by atoms with Gasteiger partial charge in [-0.1, -0.05) is 12.1 Å². The lowest BCUT2D eigenvalue weighted by Gasteiger charge is -2.51. The summed E-state index contributed by atoms with van der Waals surface area (Å²) >= 11 is 0. The van der Waals surface area contributed by atoms with Crippen LogP contribution in [0.15, 0.2) is 47.6 Å². The molecule has 0 aromatic heterocycles. The Kier molecular flexibility index (Phi) is 5.19. The Hall–Kier alpha value is -3.22. The number of carbonyl (C=O) groups excluding carboxylic acids is 1. The first kappa shape index (κ1) is 20.7. The predicted molar refractivity (Wildman–Crippen MR) is 121 cm³/mol. The number of rotatable bonds is 4. The van der Waals surface area contributed by atoms with E-state index in [1.54, 1.807) is 14.0 Å². The molecular weight excluding hydrogens is 406 g/mol. The number of benzene rings is 2. The van der Waals surface area contributed by atoms with Crippen molar-refractivity contribution < 1.29 is 19.0 Å². The summed E-state index contributed by atoms with van der Waals surface area (Å²) in [5.74, 6) is 2.52. The average molecular weight is 436 g/mol. The normalized spacial score (nSPS) is 20.8. The molecule has 1 spiro atoms. The van der Waals surface area contributed by atoms with Crippen molar-refractivity contribution in [3.05, 3.63) is 53.6 Å². The van der Waals surface area contributed by atoms with E-state index in [4.69, 9.17) is 19.3 Å². The van der Waals surface area contributed by atoms with Gasteiger partial charge in [0.25, 0.3) is 0 Å². The van der Waals surface area contributed by atoms with Crippen LogP contribution in [0, 0.1) is 0 Å². The minimum atomic E-state index is -0.592. The summed E-state index contributed by atoms with van der Waals surface area (Å²) in [6.45, 7) is 5.49. The highest BCUT2D eigenvalue weighted by Crippen LogP contribution is 2.52. The molecule has 1 saturated heterocycles. The van der Waals surface area contributed by atoms with E-state index in [0.717, 1.165) is 40.5 Å². The zero-order valence-corrected chi connectivity index (χ0v) is 18.8. The van der Waals surface area contributed by atoms with Gasteiger partial charge >= 0.3 is 0 Å². The summed E-state index contributed by atoms with van der Waals surface area (Å²) < 4.78 is 18.0. The number of hydrogen-bond donors (Lipinski definition) is 0. The van der Waals surface area contributed by atoms with Crippen LogP contribution in [0.4, 0.5) is 0 Å². The Morgan fingerprint density at radius 2 is 1.94 bits per heavy atom. The van der Waals surface area contributed by atoms with Gasteiger partial charge in [0.05, 0.1) is 25.5 Å². The number of fused-ring (bicyclic) bond motifs is 4. The SMILES string of the molecule is CCOc1cccc2c1OC1(CCN(C(C)=O)CC1)N1N=C(c3ccc(OC)cc3)CC21. The molecule has 2 aromatic carbocycles. The first-order valence-electron chi connectivity index (χ1n) is 11.3. The van der Waals surface area contributed by atoms with Crippen molar-refractivity contribution in [2.75, 3.05) is 26.8 Å². The number of ether oxygens (including phenoxy) is 3. The van der Waals surface area contributed by atoms with E-state index in [1.165, 1.54) is 0 Å². The Labute approximate surface area is 188 Å². The van der Waals surface area contributed by atoms with E-state index in [1.807, 2.05) is 36.1 Å². The number of carbonyl (C=O) groups is 1. The molecule has 7 nitrogen and oxygen atoms in total. The van der Waals surface area contributed by atoms with E-state index in [2.05, 4.69) is 23.2 Å². The zero-order valence-electron chi connectivity index (χ0n) is 18.8. The number of piperidine rings is 1. The molecule has 2 aromatic rings. The van der Waals surface area contributed by atoms with Crippen LogP contribution < -0.4 is 14.2 Å². The van der Waals surface area contributed by atoms with Gasteiger partial charge in [0, 0.05) is 44.8 Å². The van der Waals surface area contributed by atoms with Crippen molar-refractivity contribution >= 4 is 11.6 Å². The van der Waals surface area contributed by atoms with Crippen LogP contribution >= 0.6 is 0 Å². The Balaban J connectivity index is 1.55. The summed E-state index contributed by atoms with van der Waals surface area (Å²) in [6.07, 6.45) is 2.18. The molecule has 3 heterocycles. The first-order chi connectivity index (χ1) is 15.5. The topological polar surface area (TPSA) is 63.6 Å². The fourth-order valence-corrected chi connectivity index (χ4v) is 5.00. The predicted octanol–water partition coefficient (Wildman–Crippen LogP) is 3.98. The second-order valence-electron chi connectivity index (χ2n) is 8.50. The van der Waals surface area contributed by atoms with Crippen molar-refractivity contribution in [2.45, 2.75) is 44.9 Å². The largest absolute Gasteiger partial charge is 0.497 e. The summed E-state index contributed by atoms with van der Waals surface area (Å²) in [4.78, 5) is 13.8. The van der Waals surface area contributed by atoms with Gasteiger partial charge in [-0.3, -0.25) is 4.79 Å². The molecule has 0 saturated carbocycles. The molecule has 3 aliphatic heterocycles. The summed E-state index contributed by atoms with van der Waals surface area (Å²) in [5, 5.41) is 7.25. The van der Waals surface area contributed by atoms with Crippen LogP contribution in [0.25, 0.3) is 0 Å². The number of amides is 1. The molecule has 5 rings (SSSR count). The number of para-hydroxylation sites is 1. The standard InChI is InChI=1S/C25H29N3O4/c1-4-31-23-7-5-6-20-22-16-21(18-8-10-19(30-3)11-9-18)26-28(22)25(32-24(20)23)12-14-27(15-13-25)17(2)29/h5-11,22H,4,12-16H2,1-3H3. The first-order valence-corrected chi connectivity index (χ1v) is 11.3.